The van der Waals surface area contributed by atoms with Gasteiger partial charge in [-0.05, 0) is 37.3 Å². The minimum atomic E-state index is -3.54. The lowest BCUT2D eigenvalue weighted by atomic mass is 10.1. The second-order valence-electron chi connectivity index (χ2n) is 8.80. The highest BCUT2D eigenvalue weighted by Crippen LogP contribution is 2.47. The van der Waals surface area contributed by atoms with Gasteiger partial charge in [0.25, 0.3) is 10.2 Å². The first kappa shape index (κ1) is 21.4. The first-order valence-electron chi connectivity index (χ1n) is 11.4. The molecule has 1 spiro atoms. The molecule has 32 heavy (non-hydrogen) atoms. The third kappa shape index (κ3) is 3.89. The first-order chi connectivity index (χ1) is 15.5. The van der Waals surface area contributed by atoms with Gasteiger partial charge in [-0.3, -0.25) is 0 Å². The molecule has 5 rings (SSSR count). The van der Waals surface area contributed by atoms with Crippen LogP contribution in [0, 0.1) is 0 Å². The lowest BCUT2D eigenvalue weighted by Crippen LogP contribution is -2.60. The fourth-order valence-corrected chi connectivity index (χ4v) is 6.85. The van der Waals surface area contributed by atoms with Crippen molar-refractivity contribution in [2.75, 3.05) is 37.6 Å². The van der Waals surface area contributed by atoms with E-state index in [9.17, 15) is 8.42 Å². The molecule has 0 bridgehead atoms. The van der Waals surface area contributed by atoms with Crippen LogP contribution >= 0.6 is 0 Å². The molecule has 9 heteroatoms. The van der Waals surface area contributed by atoms with Gasteiger partial charge in [-0.2, -0.15) is 17.0 Å². The number of nitrogens with zero attached hydrogens (tertiary/aromatic N) is 5. The molecule has 3 aromatic rings. The average Bonchev–Trinajstić information content (AvgIpc) is 3.37. The Balaban J connectivity index is 1.35. The third-order valence-corrected chi connectivity index (χ3v) is 8.76. The van der Waals surface area contributed by atoms with Crippen LogP contribution in [-0.2, 0) is 16.6 Å². The number of hydrogen-bond donors (Lipinski definition) is 1. The van der Waals surface area contributed by atoms with Crippen molar-refractivity contribution >= 4 is 27.1 Å². The van der Waals surface area contributed by atoms with Gasteiger partial charge in [0.2, 0.25) is 0 Å². The highest BCUT2D eigenvalue weighted by molar-refractivity contribution is 7.86. The minimum absolute atomic E-state index is 0.330. The van der Waals surface area contributed by atoms with Crippen molar-refractivity contribution in [3.63, 3.8) is 0 Å². The smallest absolute Gasteiger partial charge is 0.282 e. The van der Waals surface area contributed by atoms with Crippen molar-refractivity contribution in [1.82, 2.24) is 23.6 Å². The van der Waals surface area contributed by atoms with Crippen molar-refractivity contribution in [2.45, 2.75) is 38.1 Å². The molecule has 2 aromatic heterocycles. The Morgan fingerprint density at radius 1 is 1.09 bits per heavy atom. The highest BCUT2D eigenvalue weighted by Gasteiger charge is 2.57. The Morgan fingerprint density at radius 3 is 2.66 bits per heavy atom. The Morgan fingerprint density at radius 2 is 1.91 bits per heavy atom. The van der Waals surface area contributed by atoms with Gasteiger partial charge in [0.1, 0.15) is 17.8 Å². The molecule has 1 aliphatic heterocycles. The van der Waals surface area contributed by atoms with E-state index in [0.717, 1.165) is 48.1 Å². The van der Waals surface area contributed by atoms with Crippen LogP contribution < -0.4 is 4.90 Å². The van der Waals surface area contributed by atoms with E-state index in [1.807, 2.05) is 37.4 Å². The van der Waals surface area contributed by atoms with Crippen LogP contribution in [0.25, 0.3) is 11.0 Å². The summed E-state index contributed by atoms with van der Waals surface area (Å²) in [7, 11) is -3.54. The fourth-order valence-electron chi connectivity index (χ4n) is 4.80. The van der Waals surface area contributed by atoms with Gasteiger partial charge in [0.05, 0.1) is 10.9 Å². The molecule has 1 saturated heterocycles. The number of anilines is 1. The van der Waals surface area contributed by atoms with E-state index in [4.69, 9.17) is 0 Å². The highest BCUT2D eigenvalue weighted by atomic mass is 32.2. The number of benzene rings is 1. The summed E-state index contributed by atoms with van der Waals surface area (Å²) in [5, 5.41) is 0.982. The topological polar surface area (TPSA) is 85.4 Å². The normalized spacial score (nSPS) is 18.6. The van der Waals surface area contributed by atoms with Gasteiger partial charge in [0.15, 0.2) is 0 Å². The van der Waals surface area contributed by atoms with Crippen molar-refractivity contribution in [3.8, 4) is 0 Å². The maximum atomic E-state index is 13.8. The summed E-state index contributed by atoms with van der Waals surface area (Å²) in [6.07, 6.45) is 6.74. The lowest BCUT2D eigenvalue weighted by molar-refractivity contribution is 0.244. The third-order valence-electron chi connectivity index (χ3n) is 6.62. The SMILES string of the molecule is CCCN(CCc1ccccc1)S(=O)(=O)N1CCN(c2ncnc3[nH]ccc23)CC12CC2. The monoisotopic (exact) mass is 454 g/mol. The zero-order valence-corrected chi connectivity index (χ0v) is 19.3. The van der Waals surface area contributed by atoms with Gasteiger partial charge in [-0.1, -0.05) is 37.3 Å². The summed E-state index contributed by atoms with van der Waals surface area (Å²) >= 11 is 0. The van der Waals surface area contributed by atoms with Crippen LogP contribution in [0.3, 0.4) is 0 Å². The van der Waals surface area contributed by atoms with Gasteiger partial charge in [-0.15, -0.1) is 0 Å². The summed E-state index contributed by atoms with van der Waals surface area (Å²) in [6, 6.07) is 12.1. The van der Waals surface area contributed by atoms with E-state index >= 15 is 0 Å². The summed E-state index contributed by atoms with van der Waals surface area (Å²) in [6.45, 7) is 4.85. The van der Waals surface area contributed by atoms with Crippen molar-refractivity contribution < 1.29 is 8.42 Å². The molecule has 1 aliphatic carbocycles. The number of nitrogens with one attached hydrogen (secondary N) is 1. The van der Waals surface area contributed by atoms with E-state index in [-0.39, 0.29) is 5.54 Å². The van der Waals surface area contributed by atoms with Gasteiger partial charge in [-0.25, -0.2) is 9.97 Å². The van der Waals surface area contributed by atoms with Crippen molar-refractivity contribution in [2.24, 2.45) is 0 Å². The molecule has 1 N–H and O–H groups in total. The first-order valence-corrected chi connectivity index (χ1v) is 12.8. The molecule has 3 heterocycles. The van der Waals surface area contributed by atoms with E-state index in [2.05, 4.69) is 32.0 Å². The van der Waals surface area contributed by atoms with Gasteiger partial charge < -0.3 is 9.88 Å². The van der Waals surface area contributed by atoms with E-state index in [1.54, 1.807) is 14.9 Å². The number of rotatable bonds is 8. The zero-order chi connectivity index (χ0) is 22.2. The Labute approximate surface area is 189 Å². The number of hydrogen-bond acceptors (Lipinski definition) is 5. The van der Waals surface area contributed by atoms with Crippen LogP contribution in [0.1, 0.15) is 31.7 Å². The molecule has 8 nitrogen and oxygen atoms in total. The zero-order valence-electron chi connectivity index (χ0n) is 18.4. The predicted octanol–water partition coefficient (Wildman–Crippen LogP) is 2.81. The summed E-state index contributed by atoms with van der Waals surface area (Å²) in [4.78, 5) is 14.2. The number of aromatic amines is 1. The summed E-state index contributed by atoms with van der Waals surface area (Å²) in [5.41, 5.74) is 1.64. The molecule has 0 amide bonds. The maximum Gasteiger partial charge on any atom is 0.282 e. The fraction of sp³-hybridized carbons (Fsp3) is 0.478. The van der Waals surface area contributed by atoms with Gasteiger partial charge in [0, 0.05) is 38.9 Å². The Kier molecular flexibility index (Phi) is 5.65. The summed E-state index contributed by atoms with van der Waals surface area (Å²) < 4.78 is 31.0. The Hall–Kier alpha value is -2.49. The number of aromatic nitrogens is 3. The van der Waals surface area contributed by atoms with Crippen LogP contribution in [0.4, 0.5) is 5.82 Å². The molecular weight excluding hydrogens is 424 g/mol. The molecule has 1 aromatic carbocycles. The molecule has 2 fully saturated rings. The standard InChI is InChI=1S/C23H30N6O2S/c1-2-13-28(14-9-19-6-4-3-5-7-19)32(30,31)29-16-15-27(17-23(29)10-11-23)22-20-8-12-24-21(20)25-18-26-22/h3-8,12,18H,2,9-11,13-17H2,1H3,(H,24,25,26). The molecule has 2 aliphatic rings. The molecule has 0 unspecified atom stereocenters. The number of fused-ring (bicyclic) bond motifs is 1. The predicted molar refractivity (Wildman–Crippen MR) is 126 cm³/mol. The van der Waals surface area contributed by atoms with Crippen LogP contribution in [-0.4, -0.2) is 70.2 Å². The van der Waals surface area contributed by atoms with Crippen LogP contribution in [0.15, 0.2) is 48.9 Å². The minimum Gasteiger partial charge on any atom is -0.353 e. The molecule has 170 valence electrons. The lowest BCUT2D eigenvalue weighted by Gasteiger charge is -2.43. The van der Waals surface area contributed by atoms with E-state index < -0.39 is 10.2 Å². The second-order valence-corrected chi connectivity index (χ2v) is 10.7. The van der Waals surface area contributed by atoms with E-state index in [0.29, 0.717) is 32.7 Å². The molecular formula is C23H30N6O2S. The largest absolute Gasteiger partial charge is 0.353 e. The second kappa shape index (κ2) is 8.46. The Bertz CT molecular complexity index is 1180. The maximum absolute atomic E-state index is 13.8. The number of piperazine rings is 1. The van der Waals surface area contributed by atoms with Gasteiger partial charge >= 0.3 is 0 Å². The summed E-state index contributed by atoms with van der Waals surface area (Å²) in [5.74, 6) is 0.883. The van der Waals surface area contributed by atoms with E-state index in [1.165, 1.54) is 0 Å². The van der Waals surface area contributed by atoms with Crippen LogP contribution in [0.5, 0.6) is 0 Å². The van der Waals surface area contributed by atoms with Crippen molar-refractivity contribution in [3.05, 3.63) is 54.5 Å². The van der Waals surface area contributed by atoms with Crippen LogP contribution in [0.2, 0.25) is 0 Å². The average molecular weight is 455 g/mol. The molecule has 0 radical (unpaired) electrons. The molecule has 1 saturated carbocycles. The quantitative estimate of drug-likeness (QED) is 0.566. The van der Waals surface area contributed by atoms with Crippen molar-refractivity contribution in [1.29, 1.82) is 0 Å². The molecule has 0 atom stereocenters. The number of H-pyrrole nitrogens is 1.